The van der Waals surface area contributed by atoms with Crippen LogP contribution in [0.4, 0.5) is 0 Å². The minimum Gasteiger partial charge on any atom is -0.453 e. The molecule has 0 amide bonds. The van der Waals surface area contributed by atoms with Crippen molar-refractivity contribution < 1.29 is 22.4 Å². The highest BCUT2D eigenvalue weighted by Crippen LogP contribution is 2.19. The fourth-order valence-corrected chi connectivity index (χ4v) is 3.50. The zero-order chi connectivity index (χ0) is 17.9. The first-order valence-electron chi connectivity index (χ1n) is 7.59. The van der Waals surface area contributed by atoms with Crippen LogP contribution in [0.5, 0.6) is 5.75 Å². The largest absolute Gasteiger partial charge is 0.453 e. The van der Waals surface area contributed by atoms with Gasteiger partial charge in [-0.3, -0.25) is 0 Å². The molecule has 0 aliphatic rings. The lowest BCUT2D eigenvalue weighted by molar-refractivity contribution is 0.0699. The van der Waals surface area contributed by atoms with E-state index in [4.69, 9.17) is 9.15 Å². The Labute approximate surface area is 145 Å². The molecule has 1 heterocycles. The van der Waals surface area contributed by atoms with Crippen LogP contribution < -0.4 is 4.74 Å². The van der Waals surface area contributed by atoms with Gasteiger partial charge in [0.05, 0.1) is 4.90 Å². The molecule has 3 rings (SSSR count). The molecule has 0 aliphatic carbocycles. The average molecular weight is 356 g/mol. The molecule has 25 heavy (non-hydrogen) atoms. The van der Waals surface area contributed by atoms with Crippen molar-refractivity contribution in [3.8, 4) is 5.75 Å². The summed E-state index contributed by atoms with van der Waals surface area (Å²) in [5.74, 6) is -0.467. The first kappa shape index (κ1) is 17.0. The molecule has 0 saturated carbocycles. The van der Waals surface area contributed by atoms with Gasteiger partial charge in [0, 0.05) is 0 Å². The maximum absolute atomic E-state index is 12.3. The molecular weight excluding hydrogens is 340 g/mol. The normalized spacial score (nSPS) is 11.2. The van der Waals surface area contributed by atoms with Gasteiger partial charge in [0.25, 0.3) is 0 Å². The van der Waals surface area contributed by atoms with Crippen molar-refractivity contribution in [2.75, 3.05) is 0 Å². The second kappa shape index (κ2) is 6.94. The molecule has 0 aliphatic heterocycles. The van der Waals surface area contributed by atoms with Gasteiger partial charge in [0.2, 0.25) is 5.76 Å². The van der Waals surface area contributed by atoms with Gasteiger partial charge in [0.1, 0.15) is 17.3 Å². The van der Waals surface area contributed by atoms with E-state index in [1.807, 2.05) is 19.1 Å². The molecule has 2 aromatic carbocycles. The number of esters is 1. The van der Waals surface area contributed by atoms with E-state index in [9.17, 15) is 13.2 Å². The monoisotopic (exact) mass is 356 g/mol. The summed E-state index contributed by atoms with van der Waals surface area (Å²) in [6.07, 6.45) is 0. The third-order valence-electron chi connectivity index (χ3n) is 3.53. The molecule has 0 radical (unpaired) electrons. The van der Waals surface area contributed by atoms with Crippen LogP contribution in [0.1, 0.15) is 21.9 Å². The third-order valence-corrected chi connectivity index (χ3v) is 5.18. The number of carbonyl (C=O) groups excluding carboxylic acids is 1. The van der Waals surface area contributed by atoms with Gasteiger partial charge in [-0.25, -0.2) is 13.2 Å². The minimum absolute atomic E-state index is 0.0427. The Morgan fingerprint density at radius 3 is 2.32 bits per heavy atom. The standard InChI is InChI=1S/C19H16O5S/c1-14-7-9-15(10-8-14)24-19(20)18-12-11-16(23-18)13-25(21,22)17-5-3-2-4-6-17/h2-12H,13H2,1H3. The zero-order valence-electron chi connectivity index (χ0n) is 13.5. The fraction of sp³-hybridized carbons (Fsp3) is 0.105. The van der Waals surface area contributed by atoms with Crippen molar-refractivity contribution in [3.63, 3.8) is 0 Å². The van der Waals surface area contributed by atoms with E-state index >= 15 is 0 Å². The number of rotatable bonds is 5. The van der Waals surface area contributed by atoms with Crippen molar-refractivity contribution in [3.05, 3.63) is 83.8 Å². The van der Waals surface area contributed by atoms with Crippen LogP contribution in [-0.4, -0.2) is 14.4 Å². The molecule has 3 aromatic rings. The molecule has 5 nitrogen and oxygen atoms in total. The second-order valence-electron chi connectivity index (χ2n) is 5.54. The van der Waals surface area contributed by atoms with Crippen LogP contribution in [0, 0.1) is 6.92 Å². The summed E-state index contributed by atoms with van der Waals surface area (Å²) < 4.78 is 35.2. The maximum Gasteiger partial charge on any atom is 0.379 e. The van der Waals surface area contributed by atoms with Crippen molar-refractivity contribution in [1.82, 2.24) is 0 Å². The summed E-state index contributed by atoms with van der Waals surface area (Å²) in [6.45, 7) is 1.93. The topological polar surface area (TPSA) is 73.6 Å². The Hall–Kier alpha value is -2.86. The first-order chi connectivity index (χ1) is 11.9. The summed E-state index contributed by atoms with van der Waals surface area (Å²) in [4.78, 5) is 12.3. The predicted molar refractivity (Wildman–Crippen MR) is 92.2 cm³/mol. The molecule has 0 fully saturated rings. The molecule has 0 saturated heterocycles. The van der Waals surface area contributed by atoms with E-state index in [-0.39, 0.29) is 22.2 Å². The molecule has 0 N–H and O–H groups in total. The van der Waals surface area contributed by atoms with Gasteiger partial charge in [-0.2, -0.15) is 0 Å². The average Bonchev–Trinajstić information content (AvgIpc) is 3.06. The van der Waals surface area contributed by atoms with E-state index in [0.717, 1.165) is 5.56 Å². The van der Waals surface area contributed by atoms with Crippen molar-refractivity contribution >= 4 is 15.8 Å². The van der Waals surface area contributed by atoms with Crippen molar-refractivity contribution in [2.45, 2.75) is 17.6 Å². The molecule has 0 unspecified atom stereocenters. The smallest absolute Gasteiger partial charge is 0.379 e. The van der Waals surface area contributed by atoms with Crippen molar-refractivity contribution in [1.29, 1.82) is 0 Å². The van der Waals surface area contributed by atoms with E-state index in [2.05, 4.69) is 0 Å². The Kier molecular flexibility index (Phi) is 4.72. The van der Waals surface area contributed by atoms with Crippen LogP contribution >= 0.6 is 0 Å². The van der Waals surface area contributed by atoms with Crippen LogP contribution in [0.3, 0.4) is 0 Å². The lowest BCUT2D eigenvalue weighted by atomic mass is 10.2. The van der Waals surface area contributed by atoms with E-state index in [1.165, 1.54) is 24.3 Å². The highest BCUT2D eigenvalue weighted by molar-refractivity contribution is 7.90. The molecule has 1 aromatic heterocycles. The molecule has 128 valence electrons. The summed E-state index contributed by atoms with van der Waals surface area (Å²) in [7, 11) is -3.54. The molecule has 0 bridgehead atoms. The zero-order valence-corrected chi connectivity index (χ0v) is 14.3. The molecule has 0 atom stereocenters. The lowest BCUT2D eigenvalue weighted by Gasteiger charge is -2.03. The number of hydrogen-bond donors (Lipinski definition) is 0. The fourth-order valence-electron chi connectivity index (χ4n) is 2.23. The van der Waals surface area contributed by atoms with E-state index < -0.39 is 15.8 Å². The van der Waals surface area contributed by atoms with Crippen LogP contribution in [0.2, 0.25) is 0 Å². The number of carbonyl (C=O) groups is 1. The summed E-state index contributed by atoms with van der Waals surface area (Å²) >= 11 is 0. The van der Waals surface area contributed by atoms with Gasteiger partial charge in [0.15, 0.2) is 9.84 Å². The Bertz CT molecular complexity index is 970. The number of ether oxygens (including phenoxy) is 1. The highest BCUT2D eigenvalue weighted by atomic mass is 32.2. The lowest BCUT2D eigenvalue weighted by Crippen LogP contribution is -2.07. The minimum atomic E-state index is -3.54. The number of furan rings is 1. The van der Waals surface area contributed by atoms with Gasteiger partial charge in [-0.05, 0) is 43.3 Å². The Balaban J connectivity index is 1.72. The van der Waals surface area contributed by atoms with Crippen molar-refractivity contribution in [2.24, 2.45) is 0 Å². The number of aryl methyl sites for hydroxylation is 1. The van der Waals surface area contributed by atoms with Gasteiger partial charge in [-0.15, -0.1) is 0 Å². The summed E-state index contributed by atoms with van der Waals surface area (Å²) in [5.41, 5.74) is 1.05. The molecule has 0 spiro atoms. The summed E-state index contributed by atoms with van der Waals surface area (Å²) in [6, 6.07) is 18.0. The third kappa shape index (κ3) is 4.16. The first-order valence-corrected chi connectivity index (χ1v) is 9.25. The number of sulfone groups is 1. The predicted octanol–water partition coefficient (Wildman–Crippen LogP) is 3.78. The second-order valence-corrected chi connectivity index (χ2v) is 7.53. The number of hydrogen-bond acceptors (Lipinski definition) is 5. The van der Waals surface area contributed by atoms with Gasteiger partial charge >= 0.3 is 5.97 Å². The molecule has 6 heteroatoms. The van der Waals surface area contributed by atoms with Gasteiger partial charge < -0.3 is 9.15 Å². The molecular formula is C19H16O5S. The number of benzene rings is 2. The van der Waals surface area contributed by atoms with E-state index in [1.54, 1.807) is 30.3 Å². The van der Waals surface area contributed by atoms with Crippen LogP contribution in [0.15, 0.2) is 76.0 Å². The Morgan fingerprint density at radius 2 is 1.64 bits per heavy atom. The SMILES string of the molecule is Cc1ccc(OC(=O)c2ccc(CS(=O)(=O)c3ccccc3)o2)cc1. The maximum atomic E-state index is 12.3. The van der Waals surface area contributed by atoms with Crippen LogP contribution in [-0.2, 0) is 15.6 Å². The van der Waals surface area contributed by atoms with Crippen LogP contribution in [0.25, 0.3) is 0 Å². The highest BCUT2D eigenvalue weighted by Gasteiger charge is 2.20. The van der Waals surface area contributed by atoms with Gasteiger partial charge in [-0.1, -0.05) is 35.9 Å². The van der Waals surface area contributed by atoms with E-state index in [0.29, 0.717) is 5.75 Å². The summed E-state index contributed by atoms with van der Waals surface area (Å²) in [5, 5.41) is 0. The quantitative estimate of drug-likeness (QED) is 0.514. The Morgan fingerprint density at radius 1 is 0.960 bits per heavy atom.